The van der Waals surface area contributed by atoms with Crippen molar-refractivity contribution in [2.45, 2.75) is 32.9 Å². The monoisotopic (exact) mass is 263 g/mol. The minimum Gasteiger partial charge on any atom is -0.477 e. The second kappa shape index (κ2) is 5.88. The zero-order valence-corrected chi connectivity index (χ0v) is 10.3. The normalized spacial score (nSPS) is 13.4. The van der Waals surface area contributed by atoms with E-state index in [9.17, 15) is 13.2 Å². The van der Waals surface area contributed by atoms with Crippen molar-refractivity contribution in [2.75, 3.05) is 12.3 Å². The van der Waals surface area contributed by atoms with Gasteiger partial charge in [-0.25, -0.2) is 4.98 Å². The molecule has 0 aliphatic carbocycles. The molecular formula is C11H16F3N3O. The first-order chi connectivity index (χ1) is 8.32. The SMILES string of the molecule is CCCC(C)COc1cc(C(F)(F)F)nc(N)n1. The number of nitrogen functional groups attached to an aromatic ring is 1. The summed E-state index contributed by atoms with van der Waals surface area (Å²) in [5, 5.41) is 0. The van der Waals surface area contributed by atoms with Crippen molar-refractivity contribution in [3.8, 4) is 5.88 Å². The van der Waals surface area contributed by atoms with Gasteiger partial charge in [0.2, 0.25) is 11.8 Å². The summed E-state index contributed by atoms with van der Waals surface area (Å²) in [6, 6.07) is 0.759. The molecule has 1 aromatic heterocycles. The fraction of sp³-hybridized carbons (Fsp3) is 0.636. The number of hydrogen-bond acceptors (Lipinski definition) is 4. The van der Waals surface area contributed by atoms with Crippen molar-refractivity contribution in [3.63, 3.8) is 0 Å². The van der Waals surface area contributed by atoms with Gasteiger partial charge in [0.05, 0.1) is 6.61 Å². The molecule has 1 aromatic rings. The third-order valence-electron chi connectivity index (χ3n) is 2.31. The van der Waals surface area contributed by atoms with E-state index in [1.165, 1.54) is 0 Å². The van der Waals surface area contributed by atoms with E-state index in [-0.39, 0.29) is 11.8 Å². The van der Waals surface area contributed by atoms with Crippen LogP contribution in [0.1, 0.15) is 32.4 Å². The third kappa shape index (κ3) is 4.38. The van der Waals surface area contributed by atoms with E-state index in [2.05, 4.69) is 9.97 Å². The van der Waals surface area contributed by atoms with Gasteiger partial charge in [-0.05, 0) is 12.3 Å². The van der Waals surface area contributed by atoms with E-state index in [1.807, 2.05) is 13.8 Å². The maximum absolute atomic E-state index is 12.5. The molecule has 0 aliphatic heterocycles. The zero-order valence-electron chi connectivity index (χ0n) is 10.3. The van der Waals surface area contributed by atoms with Crippen molar-refractivity contribution >= 4 is 5.95 Å². The van der Waals surface area contributed by atoms with Gasteiger partial charge in [0.25, 0.3) is 0 Å². The van der Waals surface area contributed by atoms with Gasteiger partial charge in [-0.2, -0.15) is 18.2 Å². The molecule has 0 amide bonds. The highest BCUT2D eigenvalue weighted by Crippen LogP contribution is 2.29. The van der Waals surface area contributed by atoms with Crippen LogP contribution in [0, 0.1) is 5.92 Å². The van der Waals surface area contributed by atoms with Gasteiger partial charge in [0, 0.05) is 6.07 Å². The van der Waals surface area contributed by atoms with E-state index in [0.29, 0.717) is 6.61 Å². The number of nitrogens with two attached hydrogens (primary N) is 1. The second-order valence-corrected chi connectivity index (χ2v) is 4.15. The van der Waals surface area contributed by atoms with E-state index >= 15 is 0 Å². The standard InChI is InChI=1S/C11H16F3N3O/c1-3-4-7(2)6-18-9-5-8(11(12,13)14)16-10(15)17-9/h5,7H,3-4,6H2,1-2H3,(H2,15,16,17). The highest BCUT2D eigenvalue weighted by molar-refractivity contribution is 5.27. The van der Waals surface area contributed by atoms with Crippen LogP contribution in [0.5, 0.6) is 5.88 Å². The third-order valence-corrected chi connectivity index (χ3v) is 2.31. The number of nitrogens with zero attached hydrogens (tertiary/aromatic N) is 2. The quantitative estimate of drug-likeness (QED) is 0.887. The largest absolute Gasteiger partial charge is 0.477 e. The lowest BCUT2D eigenvalue weighted by Gasteiger charge is -2.13. The van der Waals surface area contributed by atoms with E-state index in [1.54, 1.807) is 0 Å². The Kier molecular flexibility index (Phi) is 4.75. The number of ether oxygens (including phenoxy) is 1. The molecule has 0 spiro atoms. The molecule has 1 heterocycles. The highest BCUT2D eigenvalue weighted by atomic mass is 19.4. The lowest BCUT2D eigenvalue weighted by Crippen LogP contribution is -2.14. The summed E-state index contributed by atoms with van der Waals surface area (Å²) in [7, 11) is 0. The fourth-order valence-corrected chi connectivity index (χ4v) is 1.47. The Hall–Kier alpha value is -1.53. The fourth-order valence-electron chi connectivity index (χ4n) is 1.47. The van der Waals surface area contributed by atoms with E-state index in [4.69, 9.17) is 10.5 Å². The van der Waals surface area contributed by atoms with Crippen molar-refractivity contribution in [1.29, 1.82) is 0 Å². The molecule has 2 N–H and O–H groups in total. The highest BCUT2D eigenvalue weighted by Gasteiger charge is 2.33. The van der Waals surface area contributed by atoms with Crippen molar-refractivity contribution in [2.24, 2.45) is 5.92 Å². The minimum atomic E-state index is -4.55. The van der Waals surface area contributed by atoms with Crippen LogP contribution in [0.25, 0.3) is 0 Å². The van der Waals surface area contributed by atoms with Crippen LogP contribution in [0.15, 0.2) is 6.07 Å². The van der Waals surface area contributed by atoms with Gasteiger partial charge in [-0.1, -0.05) is 20.3 Å². The molecule has 0 saturated carbocycles. The summed E-state index contributed by atoms with van der Waals surface area (Å²) in [6.45, 7) is 4.29. The molecule has 0 aromatic carbocycles. The molecule has 0 fully saturated rings. The predicted molar refractivity (Wildman–Crippen MR) is 61.0 cm³/mol. The first kappa shape index (κ1) is 14.5. The Morgan fingerprint density at radius 2 is 2.06 bits per heavy atom. The second-order valence-electron chi connectivity index (χ2n) is 4.15. The molecule has 0 bridgehead atoms. The summed E-state index contributed by atoms with van der Waals surface area (Å²) in [6.07, 6.45) is -2.62. The number of rotatable bonds is 5. The minimum absolute atomic E-state index is 0.141. The lowest BCUT2D eigenvalue weighted by atomic mass is 10.1. The molecule has 102 valence electrons. The predicted octanol–water partition coefficient (Wildman–Crippen LogP) is 2.89. The molecule has 0 saturated heterocycles. The summed E-state index contributed by atoms with van der Waals surface area (Å²) < 4.78 is 42.6. The van der Waals surface area contributed by atoms with Gasteiger partial charge >= 0.3 is 6.18 Å². The Morgan fingerprint density at radius 3 is 2.61 bits per heavy atom. The molecule has 7 heteroatoms. The number of aromatic nitrogens is 2. The summed E-state index contributed by atoms with van der Waals surface area (Å²) in [5.41, 5.74) is 4.13. The van der Waals surface area contributed by atoms with Crippen LogP contribution < -0.4 is 10.5 Å². The molecule has 1 unspecified atom stereocenters. The molecule has 1 rings (SSSR count). The first-order valence-electron chi connectivity index (χ1n) is 5.67. The number of halogens is 3. The number of alkyl halides is 3. The molecule has 4 nitrogen and oxygen atoms in total. The lowest BCUT2D eigenvalue weighted by molar-refractivity contribution is -0.141. The average molecular weight is 263 g/mol. The van der Waals surface area contributed by atoms with Gasteiger partial charge in [0.1, 0.15) is 0 Å². The Balaban J connectivity index is 2.75. The average Bonchev–Trinajstić information content (AvgIpc) is 2.25. The topological polar surface area (TPSA) is 61.0 Å². The maximum Gasteiger partial charge on any atom is 0.433 e. The summed E-state index contributed by atoms with van der Waals surface area (Å²) in [5.74, 6) is -0.332. The first-order valence-corrected chi connectivity index (χ1v) is 5.67. The van der Waals surface area contributed by atoms with Crippen molar-refractivity contribution < 1.29 is 17.9 Å². The maximum atomic E-state index is 12.5. The van der Waals surface area contributed by atoms with Crippen LogP contribution in [0.3, 0.4) is 0 Å². The van der Waals surface area contributed by atoms with Gasteiger partial charge < -0.3 is 10.5 Å². The van der Waals surface area contributed by atoms with Crippen molar-refractivity contribution in [3.05, 3.63) is 11.8 Å². The molecule has 1 atom stereocenters. The van der Waals surface area contributed by atoms with Gasteiger partial charge in [-0.3, -0.25) is 0 Å². The van der Waals surface area contributed by atoms with Crippen molar-refractivity contribution in [1.82, 2.24) is 9.97 Å². The van der Waals surface area contributed by atoms with Crippen LogP contribution in [-0.4, -0.2) is 16.6 Å². The molecule has 18 heavy (non-hydrogen) atoms. The molecule has 0 radical (unpaired) electrons. The Labute approximate surface area is 103 Å². The Bertz CT molecular complexity index is 396. The van der Waals surface area contributed by atoms with E-state index < -0.39 is 17.8 Å². The summed E-state index contributed by atoms with van der Waals surface area (Å²) >= 11 is 0. The summed E-state index contributed by atoms with van der Waals surface area (Å²) in [4.78, 5) is 6.75. The van der Waals surface area contributed by atoms with Crippen LogP contribution >= 0.6 is 0 Å². The Morgan fingerprint density at radius 1 is 1.39 bits per heavy atom. The molecule has 0 aliphatic rings. The van der Waals surface area contributed by atoms with E-state index in [0.717, 1.165) is 18.9 Å². The number of hydrogen-bond donors (Lipinski definition) is 1. The van der Waals surface area contributed by atoms with Gasteiger partial charge in [0.15, 0.2) is 5.69 Å². The van der Waals surface area contributed by atoms with Gasteiger partial charge in [-0.15, -0.1) is 0 Å². The smallest absolute Gasteiger partial charge is 0.433 e. The number of anilines is 1. The van der Waals surface area contributed by atoms with Crippen LogP contribution in [0.2, 0.25) is 0 Å². The molecular weight excluding hydrogens is 247 g/mol. The van der Waals surface area contributed by atoms with Crippen LogP contribution in [-0.2, 0) is 6.18 Å². The van der Waals surface area contributed by atoms with Crippen LogP contribution in [0.4, 0.5) is 19.1 Å². The zero-order chi connectivity index (χ0) is 13.8.